The summed E-state index contributed by atoms with van der Waals surface area (Å²) in [4.78, 5) is 0. The fourth-order valence-electron chi connectivity index (χ4n) is 6.60. The quantitative estimate of drug-likeness (QED) is 0.0412. The van der Waals surface area contributed by atoms with Crippen molar-refractivity contribution in [3.05, 3.63) is 82.9 Å². The van der Waals surface area contributed by atoms with Crippen molar-refractivity contribution in [3.63, 3.8) is 0 Å². The zero-order valence-electron chi connectivity index (χ0n) is 40.8. The minimum Gasteiger partial charge on any atom is -0.496 e. The number of halogens is 34. The lowest BCUT2D eigenvalue weighted by atomic mass is 9.88. The van der Waals surface area contributed by atoms with E-state index in [-0.39, 0.29) is 45.3 Å². The number of alkyl halides is 34. The Morgan fingerprint density at radius 2 is 0.524 bits per heavy atom. The van der Waals surface area contributed by atoms with Crippen LogP contribution in [0, 0.1) is 0 Å². The molecule has 0 saturated heterocycles. The lowest BCUT2D eigenvalue weighted by Crippen LogP contribution is -2.74. The summed E-state index contributed by atoms with van der Waals surface area (Å²) in [6, 6.07) is 11.9. The molecule has 0 aliphatic carbocycles. The van der Waals surface area contributed by atoms with E-state index in [0.29, 0.717) is 0 Å². The van der Waals surface area contributed by atoms with E-state index in [9.17, 15) is 149 Å². The lowest BCUT2D eigenvalue weighted by Gasteiger charge is -2.42. The molecular weight excluding hydrogens is 1260 g/mol. The van der Waals surface area contributed by atoms with Gasteiger partial charge in [-0.1, -0.05) is 48.6 Å². The van der Waals surface area contributed by atoms with Crippen molar-refractivity contribution >= 4 is 24.3 Å². The van der Waals surface area contributed by atoms with Gasteiger partial charge in [0.25, 0.3) is 0 Å². The Morgan fingerprint density at radius 3 is 0.750 bits per heavy atom. The predicted molar refractivity (Wildman–Crippen MR) is 221 cm³/mol. The van der Waals surface area contributed by atoms with Crippen molar-refractivity contribution in [1.82, 2.24) is 0 Å². The second-order valence-corrected chi connectivity index (χ2v) is 17.3. The molecule has 3 rings (SSSR count). The summed E-state index contributed by atoms with van der Waals surface area (Å²) in [5.41, 5.74) is 1.11. The molecule has 38 heteroatoms. The van der Waals surface area contributed by atoms with Crippen LogP contribution in [0.1, 0.15) is 47.9 Å². The van der Waals surface area contributed by atoms with E-state index in [0.717, 1.165) is 24.3 Å². The maximum Gasteiger partial charge on any atom is 0.460 e. The van der Waals surface area contributed by atoms with Gasteiger partial charge in [-0.05, 0) is 60.4 Å². The Bertz CT molecular complexity index is 2570. The molecule has 3 aromatic rings. The number of hydrogen-bond donors (Lipinski definition) is 0. The Morgan fingerprint density at radius 1 is 0.298 bits per heavy atom. The van der Waals surface area contributed by atoms with Gasteiger partial charge in [0.1, 0.15) is 23.0 Å². The van der Waals surface area contributed by atoms with E-state index in [1.54, 1.807) is 0 Å². The molecule has 0 aromatic heterocycles. The van der Waals surface area contributed by atoms with Gasteiger partial charge in [-0.15, -0.1) is 0 Å². The van der Waals surface area contributed by atoms with Crippen molar-refractivity contribution in [2.45, 2.75) is 121 Å². The van der Waals surface area contributed by atoms with Crippen molar-refractivity contribution in [2.24, 2.45) is 0 Å². The lowest BCUT2D eigenvalue weighted by molar-refractivity contribution is -0.461. The highest BCUT2D eigenvalue weighted by molar-refractivity contribution is 5.79. The van der Waals surface area contributed by atoms with E-state index < -0.39 is 134 Å². The van der Waals surface area contributed by atoms with Crippen molar-refractivity contribution in [1.29, 1.82) is 0 Å². The topological polar surface area (TPSA) is 36.9 Å². The number of benzene rings is 3. The molecule has 0 radical (unpaired) electrons. The molecule has 0 heterocycles. The van der Waals surface area contributed by atoms with Gasteiger partial charge in [-0.3, -0.25) is 0 Å². The van der Waals surface area contributed by atoms with Gasteiger partial charge in [0.2, 0.25) is 0 Å². The number of rotatable bonds is 28. The standard InChI is InChI=1S/C46H32F34O4/c1-81-29-21-26(12-6-24-9-15-28(16-10-24)84-20-4-18-32(49,50)34(53,54)36(57,58)38(61,62)40(65,66)42(69,70)44(73,74)46(78,79)80)30(82-2)22-25(29)11-5-23-7-13-27(14-8-23)83-19-3-17-31(47,48)33(51,52)35(55,56)37(59,60)39(63,64)41(67,68)43(71,72)45(75,76)77/h5-16,21-22H,3-4,17-20H2,1-2H3/b11-5+,12-6+. The van der Waals surface area contributed by atoms with Gasteiger partial charge in [0, 0.05) is 24.0 Å². The fourth-order valence-corrected chi connectivity index (χ4v) is 6.60. The first-order chi connectivity index (χ1) is 37.5. The summed E-state index contributed by atoms with van der Waals surface area (Å²) >= 11 is 0. The average molecular weight is 1290 g/mol. The zero-order chi connectivity index (χ0) is 65.6. The Kier molecular flexibility index (Phi) is 20.1. The number of ether oxygens (including phenoxy) is 4. The third-order valence-electron chi connectivity index (χ3n) is 11.6. The van der Waals surface area contributed by atoms with Crippen LogP contribution in [0.25, 0.3) is 24.3 Å². The average Bonchev–Trinajstić information content (AvgIpc) is 1.06. The molecular formula is C46H32F34O4. The van der Waals surface area contributed by atoms with Crippen LogP contribution in [0.2, 0.25) is 0 Å². The van der Waals surface area contributed by atoms with Crippen LogP contribution >= 0.6 is 0 Å². The van der Waals surface area contributed by atoms with Crippen molar-refractivity contribution < 1.29 is 168 Å². The largest absolute Gasteiger partial charge is 0.496 e. The van der Waals surface area contributed by atoms with E-state index >= 15 is 0 Å². The van der Waals surface area contributed by atoms with Crippen LogP contribution in [-0.2, 0) is 0 Å². The second kappa shape index (κ2) is 23.3. The van der Waals surface area contributed by atoms with Gasteiger partial charge < -0.3 is 18.9 Å². The van der Waals surface area contributed by atoms with Gasteiger partial charge in [0.15, 0.2) is 0 Å². The molecule has 3 aromatic carbocycles. The minimum absolute atomic E-state index is 0.125. The summed E-state index contributed by atoms with van der Waals surface area (Å²) in [6.45, 7) is -2.39. The van der Waals surface area contributed by atoms with Gasteiger partial charge >= 0.3 is 95.3 Å². The maximum atomic E-state index is 14.3. The van der Waals surface area contributed by atoms with Gasteiger partial charge in [0.05, 0.1) is 27.4 Å². The summed E-state index contributed by atoms with van der Waals surface area (Å²) in [6.07, 6.45) is -18.7. The van der Waals surface area contributed by atoms with Crippen LogP contribution < -0.4 is 18.9 Å². The molecule has 0 aliphatic rings. The van der Waals surface area contributed by atoms with Crippen LogP contribution in [0.4, 0.5) is 149 Å². The first-order valence-corrected chi connectivity index (χ1v) is 22.0. The number of hydrogen-bond acceptors (Lipinski definition) is 4. The predicted octanol–water partition coefficient (Wildman–Crippen LogP) is 18.4. The van der Waals surface area contributed by atoms with E-state index in [2.05, 4.69) is 0 Å². The Labute approximate surface area is 446 Å². The summed E-state index contributed by atoms with van der Waals surface area (Å²) < 4.78 is 481. The molecule has 0 unspecified atom stereocenters. The minimum atomic E-state index is -8.76. The highest BCUT2D eigenvalue weighted by atomic mass is 19.4. The third-order valence-corrected chi connectivity index (χ3v) is 11.6. The third kappa shape index (κ3) is 12.3. The molecule has 0 spiro atoms. The van der Waals surface area contributed by atoms with E-state index in [1.165, 1.54) is 74.9 Å². The van der Waals surface area contributed by atoms with Gasteiger partial charge in [-0.25, -0.2) is 0 Å². The molecule has 478 valence electrons. The second-order valence-electron chi connectivity index (χ2n) is 17.3. The molecule has 0 bridgehead atoms. The molecule has 4 nitrogen and oxygen atoms in total. The van der Waals surface area contributed by atoms with E-state index in [1.807, 2.05) is 0 Å². The summed E-state index contributed by atoms with van der Waals surface area (Å²) in [5.74, 6) is -115. The number of methoxy groups -OCH3 is 2. The molecule has 84 heavy (non-hydrogen) atoms. The normalized spacial score (nSPS) is 15.1. The molecule has 0 fully saturated rings. The van der Waals surface area contributed by atoms with Crippen LogP contribution in [-0.4, -0.2) is 123 Å². The summed E-state index contributed by atoms with van der Waals surface area (Å²) in [5, 5.41) is 0. The van der Waals surface area contributed by atoms with Gasteiger partial charge in [-0.2, -0.15) is 149 Å². The highest BCUT2D eigenvalue weighted by Crippen LogP contribution is 2.66. The first-order valence-electron chi connectivity index (χ1n) is 22.0. The highest BCUT2D eigenvalue weighted by Gasteiger charge is 2.97. The Hall–Kier alpha value is -6.04. The van der Waals surface area contributed by atoms with Crippen LogP contribution in [0.15, 0.2) is 60.7 Å². The first kappa shape index (κ1) is 72.2. The molecule has 0 amide bonds. The monoisotopic (exact) mass is 1290 g/mol. The molecule has 0 saturated carbocycles. The molecule has 0 N–H and O–H groups in total. The SMILES string of the molecule is COc1cc(/C=C/c2ccc(OCCCC(F)(F)C(F)(F)C(F)(F)C(F)(F)C(F)(F)C(F)(F)C(F)(F)C(F)(F)F)cc2)c(OC)cc1/C=C/c1ccc(OCCCC(F)(F)C(F)(F)C(F)(F)C(F)(F)C(F)(F)C(F)(F)C(F)(F)C(F)(F)F)cc1. The fraction of sp³-hybridized carbons (Fsp3) is 0.522. The van der Waals surface area contributed by atoms with Crippen molar-refractivity contribution in [2.75, 3.05) is 27.4 Å². The molecule has 0 aliphatic heterocycles. The van der Waals surface area contributed by atoms with E-state index in [4.69, 9.17) is 18.9 Å². The summed E-state index contributed by atoms with van der Waals surface area (Å²) in [7, 11) is 2.40. The van der Waals surface area contributed by atoms with Crippen LogP contribution in [0.3, 0.4) is 0 Å². The maximum absolute atomic E-state index is 14.3. The van der Waals surface area contributed by atoms with Crippen molar-refractivity contribution in [3.8, 4) is 23.0 Å². The Balaban J connectivity index is 1.65. The zero-order valence-corrected chi connectivity index (χ0v) is 40.8. The molecule has 0 atom stereocenters. The van der Waals surface area contributed by atoms with Crippen LogP contribution in [0.5, 0.6) is 23.0 Å². The smallest absolute Gasteiger partial charge is 0.460 e.